The van der Waals surface area contributed by atoms with Crippen LogP contribution in [0.3, 0.4) is 0 Å². The molecule has 0 amide bonds. The van der Waals surface area contributed by atoms with E-state index in [9.17, 15) is 4.39 Å². The summed E-state index contributed by atoms with van der Waals surface area (Å²) in [5, 5.41) is 12.4. The molecule has 0 saturated heterocycles. The standard InChI is InChI=1S/C11H15ClFNO/c1-7(6-15)14-8(2)10-4-3-9(13)5-11(10)12/h3-5,7-8,14-15H,6H2,1-2H3/t7-,8+/m0/s1. The van der Waals surface area contributed by atoms with Crippen LogP contribution < -0.4 is 5.32 Å². The largest absolute Gasteiger partial charge is 0.395 e. The molecule has 0 heterocycles. The summed E-state index contributed by atoms with van der Waals surface area (Å²) < 4.78 is 12.8. The van der Waals surface area contributed by atoms with Crippen LogP contribution in [0.25, 0.3) is 0 Å². The van der Waals surface area contributed by atoms with Gasteiger partial charge in [0.15, 0.2) is 0 Å². The SMILES string of the molecule is C[C@@H](CO)N[C@H](C)c1ccc(F)cc1Cl. The Balaban J connectivity index is 2.77. The highest BCUT2D eigenvalue weighted by atomic mass is 35.5. The molecule has 1 aromatic rings. The van der Waals surface area contributed by atoms with Crippen molar-refractivity contribution < 1.29 is 9.50 Å². The molecule has 0 aliphatic heterocycles. The van der Waals surface area contributed by atoms with Gasteiger partial charge in [-0.3, -0.25) is 0 Å². The number of aliphatic hydroxyl groups is 1. The molecule has 0 aliphatic carbocycles. The zero-order chi connectivity index (χ0) is 11.4. The van der Waals surface area contributed by atoms with Crippen LogP contribution in [0.15, 0.2) is 18.2 Å². The average molecular weight is 232 g/mol. The van der Waals surface area contributed by atoms with E-state index in [2.05, 4.69) is 5.32 Å². The van der Waals surface area contributed by atoms with Crippen LogP contribution in [0.5, 0.6) is 0 Å². The van der Waals surface area contributed by atoms with Gasteiger partial charge >= 0.3 is 0 Å². The fourth-order valence-electron chi connectivity index (χ4n) is 1.42. The molecule has 0 radical (unpaired) electrons. The number of hydrogen-bond donors (Lipinski definition) is 2. The van der Waals surface area contributed by atoms with Crippen molar-refractivity contribution in [3.05, 3.63) is 34.6 Å². The van der Waals surface area contributed by atoms with E-state index in [0.717, 1.165) is 5.56 Å². The van der Waals surface area contributed by atoms with Gasteiger partial charge in [-0.1, -0.05) is 17.7 Å². The second-order valence-corrected chi connectivity index (χ2v) is 4.05. The summed E-state index contributed by atoms with van der Waals surface area (Å²) in [5.74, 6) is -0.342. The van der Waals surface area contributed by atoms with E-state index in [1.165, 1.54) is 12.1 Å². The van der Waals surface area contributed by atoms with E-state index in [1.807, 2.05) is 13.8 Å². The Morgan fingerprint density at radius 2 is 2.13 bits per heavy atom. The first kappa shape index (κ1) is 12.4. The number of benzene rings is 1. The molecule has 2 N–H and O–H groups in total. The fraction of sp³-hybridized carbons (Fsp3) is 0.455. The Morgan fingerprint density at radius 1 is 1.47 bits per heavy atom. The van der Waals surface area contributed by atoms with Gasteiger partial charge in [0.2, 0.25) is 0 Å². The van der Waals surface area contributed by atoms with Gasteiger partial charge in [0.05, 0.1) is 6.61 Å². The minimum absolute atomic E-state index is 0.0129. The monoisotopic (exact) mass is 231 g/mol. The lowest BCUT2D eigenvalue weighted by Crippen LogP contribution is -2.31. The molecule has 0 spiro atoms. The maximum absolute atomic E-state index is 12.8. The van der Waals surface area contributed by atoms with Gasteiger partial charge in [-0.25, -0.2) is 4.39 Å². The normalized spacial score (nSPS) is 15.0. The third-order valence-corrected chi connectivity index (χ3v) is 2.56. The highest BCUT2D eigenvalue weighted by Gasteiger charge is 2.12. The molecule has 0 aromatic heterocycles. The first-order chi connectivity index (χ1) is 7.04. The Bertz CT molecular complexity index is 332. The van der Waals surface area contributed by atoms with Crippen molar-refractivity contribution in [2.75, 3.05) is 6.61 Å². The van der Waals surface area contributed by atoms with Gasteiger partial charge in [-0.2, -0.15) is 0 Å². The molecule has 0 unspecified atom stereocenters. The molecular weight excluding hydrogens is 217 g/mol. The third kappa shape index (κ3) is 3.45. The first-order valence-electron chi connectivity index (χ1n) is 4.86. The maximum Gasteiger partial charge on any atom is 0.124 e. The molecule has 4 heteroatoms. The van der Waals surface area contributed by atoms with Crippen molar-refractivity contribution in [3.63, 3.8) is 0 Å². The summed E-state index contributed by atoms with van der Waals surface area (Å²) in [6, 6.07) is 4.29. The van der Waals surface area contributed by atoms with Gasteiger partial charge in [-0.15, -0.1) is 0 Å². The van der Waals surface area contributed by atoms with Gasteiger partial charge in [-0.05, 0) is 31.5 Å². The molecule has 0 bridgehead atoms. The Labute approximate surface area is 94.1 Å². The predicted octanol–water partition coefficient (Wildman–Crippen LogP) is 2.51. The molecule has 0 saturated carbocycles. The molecular formula is C11H15ClFNO. The lowest BCUT2D eigenvalue weighted by molar-refractivity contribution is 0.243. The van der Waals surface area contributed by atoms with Crippen LogP contribution >= 0.6 is 11.6 Å². The zero-order valence-electron chi connectivity index (χ0n) is 8.80. The summed E-state index contributed by atoms with van der Waals surface area (Å²) in [6.07, 6.45) is 0. The Hall–Kier alpha value is -0.640. The lowest BCUT2D eigenvalue weighted by Gasteiger charge is -2.19. The molecule has 0 fully saturated rings. The topological polar surface area (TPSA) is 32.3 Å². The van der Waals surface area contributed by atoms with Crippen LogP contribution in [0.1, 0.15) is 25.5 Å². The summed E-state index contributed by atoms with van der Waals surface area (Å²) in [6.45, 7) is 3.85. The number of rotatable bonds is 4. The predicted molar refractivity (Wildman–Crippen MR) is 59.5 cm³/mol. The van der Waals surface area contributed by atoms with Gasteiger partial charge < -0.3 is 10.4 Å². The number of aliphatic hydroxyl groups excluding tert-OH is 1. The number of nitrogens with one attached hydrogen (secondary N) is 1. The lowest BCUT2D eigenvalue weighted by atomic mass is 10.1. The Kier molecular flexibility index (Phi) is 4.51. The molecule has 2 atom stereocenters. The fourth-order valence-corrected chi connectivity index (χ4v) is 1.75. The average Bonchev–Trinajstić information content (AvgIpc) is 2.17. The zero-order valence-corrected chi connectivity index (χ0v) is 9.55. The van der Waals surface area contributed by atoms with Crippen LogP contribution in [0.2, 0.25) is 5.02 Å². The van der Waals surface area contributed by atoms with Crippen LogP contribution in [-0.2, 0) is 0 Å². The van der Waals surface area contributed by atoms with Crippen LogP contribution in [0.4, 0.5) is 4.39 Å². The highest BCUT2D eigenvalue weighted by Crippen LogP contribution is 2.23. The molecule has 1 rings (SSSR count). The van der Waals surface area contributed by atoms with Crippen molar-refractivity contribution in [2.45, 2.75) is 25.9 Å². The van der Waals surface area contributed by atoms with E-state index in [4.69, 9.17) is 16.7 Å². The third-order valence-electron chi connectivity index (χ3n) is 2.24. The van der Waals surface area contributed by atoms with Gasteiger partial charge in [0, 0.05) is 17.1 Å². The molecule has 1 aromatic carbocycles. The van der Waals surface area contributed by atoms with E-state index in [0.29, 0.717) is 5.02 Å². The van der Waals surface area contributed by atoms with Crippen molar-refractivity contribution in [1.29, 1.82) is 0 Å². The summed E-state index contributed by atoms with van der Waals surface area (Å²) in [5.41, 5.74) is 0.832. The quantitative estimate of drug-likeness (QED) is 0.835. The van der Waals surface area contributed by atoms with Crippen molar-refractivity contribution in [2.24, 2.45) is 0 Å². The second kappa shape index (κ2) is 5.45. The summed E-state index contributed by atoms with van der Waals surface area (Å²) in [7, 11) is 0. The van der Waals surface area contributed by atoms with Crippen molar-refractivity contribution >= 4 is 11.6 Å². The van der Waals surface area contributed by atoms with Gasteiger partial charge in [0.25, 0.3) is 0 Å². The Morgan fingerprint density at radius 3 is 2.67 bits per heavy atom. The first-order valence-corrected chi connectivity index (χ1v) is 5.24. The minimum atomic E-state index is -0.342. The molecule has 0 aliphatic rings. The summed E-state index contributed by atoms with van der Waals surface area (Å²) in [4.78, 5) is 0. The minimum Gasteiger partial charge on any atom is -0.395 e. The maximum atomic E-state index is 12.8. The van der Waals surface area contributed by atoms with E-state index in [-0.39, 0.29) is 24.5 Å². The smallest absolute Gasteiger partial charge is 0.124 e. The molecule has 15 heavy (non-hydrogen) atoms. The van der Waals surface area contributed by atoms with Crippen molar-refractivity contribution in [3.8, 4) is 0 Å². The number of hydrogen-bond acceptors (Lipinski definition) is 2. The number of halogens is 2. The molecule has 2 nitrogen and oxygen atoms in total. The second-order valence-electron chi connectivity index (χ2n) is 3.64. The van der Waals surface area contributed by atoms with E-state index >= 15 is 0 Å². The molecule has 84 valence electrons. The van der Waals surface area contributed by atoms with Crippen LogP contribution in [0, 0.1) is 5.82 Å². The van der Waals surface area contributed by atoms with Crippen molar-refractivity contribution in [1.82, 2.24) is 5.32 Å². The summed E-state index contributed by atoms with van der Waals surface area (Å²) >= 11 is 5.91. The van der Waals surface area contributed by atoms with E-state index < -0.39 is 0 Å². The highest BCUT2D eigenvalue weighted by molar-refractivity contribution is 6.31. The van der Waals surface area contributed by atoms with Gasteiger partial charge in [0.1, 0.15) is 5.82 Å². The van der Waals surface area contributed by atoms with E-state index in [1.54, 1.807) is 6.07 Å². The van der Waals surface area contributed by atoms with Crippen LogP contribution in [-0.4, -0.2) is 17.8 Å².